The van der Waals surface area contributed by atoms with Gasteiger partial charge in [-0.3, -0.25) is 9.59 Å². The Morgan fingerprint density at radius 3 is 1.94 bits per heavy atom. The Kier molecular flexibility index (Phi) is 10.1. The number of tetrazole rings is 1. The van der Waals surface area contributed by atoms with Gasteiger partial charge in [0.2, 0.25) is 5.91 Å². The summed E-state index contributed by atoms with van der Waals surface area (Å²) in [5, 5.41) is 11.8. The van der Waals surface area contributed by atoms with Crippen LogP contribution < -0.4 is 9.80 Å². The summed E-state index contributed by atoms with van der Waals surface area (Å²) in [4.78, 5) is 29.8. The first-order valence-corrected chi connectivity index (χ1v) is 15.7. The second-order valence-corrected chi connectivity index (χ2v) is 12.5. The molecule has 1 aliphatic heterocycles. The SMILES string of the molecule is CC[C@@H]1CC(N(Cc2cc(C(F)(F)F)cc(C(F)(F)F)c2)c2nnn(C)n2)c2cc(C(F)(F)F)ccc2N1C(=O)[C@H]1CC[C@@H](C(=O)OC)CC1. The Morgan fingerprint density at radius 2 is 1.44 bits per heavy atom. The summed E-state index contributed by atoms with van der Waals surface area (Å²) in [7, 11) is 2.63. The number of hydrogen-bond acceptors (Lipinski definition) is 7. The first-order chi connectivity index (χ1) is 23.3. The fourth-order valence-electron chi connectivity index (χ4n) is 6.80. The topological polar surface area (TPSA) is 93.5 Å². The number of amides is 1. The van der Waals surface area contributed by atoms with Gasteiger partial charge in [-0.05, 0) is 91.3 Å². The zero-order valence-electron chi connectivity index (χ0n) is 27.0. The number of nitrogens with zero attached hydrogens (tertiary/aromatic N) is 6. The molecule has 5 rings (SSSR count). The van der Waals surface area contributed by atoms with Crippen molar-refractivity contribution >= 4 is 23.5 Å². The molecule has 18 heteroatoms. The number of aryl methyl sites for hydroxylation is 1. The number of methoxy groups -OCH3 is 1. The second-order valence-electron chi connectivity index (χ2n) is 12.5. The lowest BCUT2D eigenvalue weighted by molar-refractivity contribution is -0.147. The van der Waals surface area contributed by atoms with E-state index in [0.29, 0.717) is 44.2 Å². The lowest BCUT2D eigenvalue weighted by atomic mass is 9.80. The number of benzene rings is 2. The van der Waals surface area contributed by atoms with Gasteiger partial charge in [0.1, 0.15) is 0 Å². The molecular formula is C32H33F9N6O3. The zero-order valence-corrected chi connectivity index (χ0v) is 27.0. The highest BCUT2D eigenvalue weighted by molar-refractivity contribution is 5.97. The van der Waals surface area contributed by atoms with Crippen LogP contribution in [0.15, 0.2) is 36.4 Å². The average molecular weight is 721 g/mol. The number of halogens is 9. The van der Waals surface area contributed by atoms with Gasteiger partial charge in [-0.1, -0.05) is 12.0 Å². The number of fused-ring (bicyclic) bond motifs is 1. The summed E-state index contributed by atoms with van der Waals surface area (Å²) < 4.78 is 130. The molecule has 2 aliphatic rings. The quantitative estimate of drug-likeness (QED) is 0.184. The van der Waals surface area contributed by atoms with E-state index in [-0.39, 0.29) is 41.5 Å². The highest BCUT2D eigenvalue weighted by Crippen LogP contribution is 2.47. The van der Waals surface area contributed by atoms with Crippen molar-refractivity contribution in [1.82, 2.24) is 20.2 Å². The van der Waals surface area contributed by atoms with E-state index in [0.717, 1.165) is 23.0 Å². The van der Waals surface area contributed by atoms with Crippen LogP contribution in [-0.2, 0) is 46.4 Å². The molecule has 2 atom stereocenters. The van der Waals surface area contributed by atoms with Crippen LogP contribution in [0, 0.1) is 11.8 Å². The summed E-state index contributed by atoms with van der Waals surface area (Å²) in [5.74, 6) is -1.96. The normalized spacial score (nSPS) is 21.5. The number of hydrogen-bond donors (Lipinski definition) is 0. The molecule has 0 saturated heterocycles. The van der Waals surface area contributed by atoms with Crippen LogP contribution in [0.4, 0.5) is 51.1 Å². The van der Waals surface area contributed by atoms with Gasteiger partial charge in [-0.25, -0.2) is 0 Å². The van der Waals surface area contributed by atoms with Gasteiger partial charge in [-0.15, -0.1) is 5.10 Å². The molecule has 1 saturated carbocycles. The summed E-state index contributed by atoms with van der Waals surface area (Å²) in [5.41, 5.74) is -4.60. The Bertz CT molecular complexity index is 1680. The van der Waals surface area contributed by atoms with E-state index in [2.05, 4.69) is 15.4 Å². The fourth-order valence-corrected chi connectivity index (χ4v) is 6.80. The number of carbonyl (C=O) groups excluding carboxylic acids is 2. The van der Waals surface area contributed by atoms with Gasteiger partial charge in [0.05, 0.1) is 42.8 Å². The summed E-state index contributed by atoms with van der Waals surface area (Å²) >= 11 is 0. The Labute approximate surface area is 280 Å². The third kappa shape index (κ3) is 7.67. The summed E-state index contributed by atoms with van der Waals surface area (Å²) in [6.45, 7) is 1.07. The predicted molar refractivity (Wildman–Crippen MR) is 159 cm³/mol. The van der Waals surface area contributed by atoms with E-state index < -0.39 is 71.3 Å². The smallest absolute Gasteiger partial charge is 0.416 e. The number of esters is 1. The van der Waals surface area contributed by atoms with Crippen LogP contribution in [-0.4, -0.2) is 45.2 Å². The minimum Gasteiger partial charge on any atom is -0.469 e. The molecule has 50 heavy (non-hydrogen) atoms. The molecule has 1 aromatic heterocycles. The van der Waals surface area contributed by atoms with Crippen LogP contribution in [0.5, 0.6) is 0 Å². The van der Waals surface area contributed by atoms with Crippen LogP contribution >= 0.6 is 0 Å². The minimum atomic E-state index is -5.14. The standard InChI is InChI=1S/C32H33F9N6O3/c1-4-23-15-26(46(29-42-44-45(2)43-29)16-17-11-21(31(36,37)38)13-22(12-17)32(39,40)41)24-14-20(30(33,34)35)9-10-25(24)47(23)27(48)18-5-7-19(8-6-18)28(49)50-3/h9-14,18-19,23,26H,4-8,15-16H2,1-3H3/t18-,19+,23-,26?/m1/s1. The molecule has 0 spiro atoms. The van der Waals surface area contributed by atoms with Crippen molar-refractivity contribution in [3.05, 3.63) is 64.2 Å². The zero-order chi connectivity index (χ0) is 36.8. The highest BCUT2D eigenvalue weighted by Gasteiger charge is 2.44. The average Bonchev–Trinajstić information content (AvgIpc) is 3.50. The van der Waals surface area contributed by atoms with Crippen molar-refractivity contribution in [3.63, 3.8) is 0 Å². The third-order valence-electron chi connectivity index (χ3n) is 9.28. The highest BCUT2D eigenvalue weighted by atomic mass is 19.4. The van der Waals surface area contributed by atoms with Crippen LogP contribution in [0.25, 0.3) is 0 Å². The first-order valence-electron chi connectivity index (χ1n) is 15.7. The molecule has 2 aromatic carbocycles. The lowest BCUT2D eigenvalue weighted by Gasteiger charge is -2.46. The molecule has 1 unspecified atom stereocenters. The summed E-state index contributed by atoms with van der Waals surface area (Å²) in [6.07, 6.45) is -13.5. The summed E-state index contributed by atoms with van der Waals surface area (Å²) in [6, 6.07) is 2.05. The van der Waals surface area contributed by atoms with E-state index in [9.17, 15) is 49.1 Å². The molecule has 3 aromatic rings. The van der Waals surface area contributed by atoms with Gasteiger partial charge >= 0.3 is 24.5 Å². The molecule has 2 heterocycles. The van der Waals surface area contributed by atoms with Gasteiger partial charge in [0.25, 0.3) is 5.95 Å². The predicted octanol–water partition coefficient (Wildman–Crippen LogP) is 7.51. The van der Waals surface area contributed by atoms with Crippen molar-refractivity contribution in [1.29, 1.82) is 0 Å². The number of anilines is 2. The molecule has 0 N–H and O–H groups in total. The molecule has 272 valence electrons. The van der Waals surface area contributed by atoms with Crippen molar-refractivity contribution < 1.29 is 53.8 Å². The van der Waals surface area contributed by atoms with Crippen LogP contribution in [0.2, 0.25) is 0 Å². The van der Waals surface area contributed by atoms with E-state index in [4.69, 9.17) is 4.74 Å². The number of rotatable bonds is 7. The number of aromatic nitrogens is 4. The van der Waals surface area contributed by atoms with E-state index in [1.807, 2.05) is 0 Å². The van der Waals surface area contributed by atoms with Crippen molar-refractivity contribution in [3.8, 4) is 0 Å². The van der Waals surface area contributed by atoms with Gasteiger partial charge in [-0.2, -0.15) is 44.3 Å². The number of ether oxygens (including phenoxy) is 1. The molecule has 1 fully saturated rings. The lowest BCUT2D eigenvalue weighted by Crippen LogP contribution is -2.50. The maximum Gasteiger partial charge on any atom is 0.416 e. The maximum absolute atomic E-state index is 14.1. The van der Waals surface area contributed by atoms with E-state index in [1.165, 1.54) is 24.0 Å². The number of carbonyl (C=O) groups is 2. The minimum absolute atomic E-state index is 0.0187. The largest absolute Gasteiger partial charge is 0.469 e. The third-order valence-corrected chi connectivity index (χ3v) is 9.28. The maximum atomic E-state index is 14.1. The van der Waals surface area contributed by atoms with Gasteiger partial charge in [0.15, 0.2) is 0 Å². The Balaban J connectivity index is 1.62. The van der Waals surface area contributed by atoms with E-state index in [1.54, 1.807) is 6.92 Å². The van der Waals surface area contributed by atoms with Crippen molar-refractivity contribution in [2.75, 3.05) is 16.9 Å². The second kappa shape index (κ2) is 13.7. The Hall–Kier alpha value is -4.38. The molecule has 1 amide bonds. The van der Waals surface area contributed by atoms with Crippen molar-refractivity contribution in [2.24, 2.45) is 18.9 Å². The number of alkyl halides is 9. The fraction of sp³-hybridized carbons (Fsp3) is 0.531. The van der Waals surface area contributed by atoms with Crippen LogP contribution in [0.3, 0.4) is 0 Å². The van der Waals surface area contributed by atoms with E-state index >= 15 is 0 Å². The first kappa shape index (κ1) is 36.9. The monoisotopic (exact) mass is 720 g/mol. The van der Waals surface area contributed by atoms with Gasteiger partial charge in [0, 0.05) is 24.2 Å². The van der Waals surface area contributed by atoms with Gasteiger partial charge < -0.3 is 14.5 Å². The molecule has 9 nitrogen and oxygen atoms in total. The molecular weight excluding hydrogens is 687 g/mol. The van der Waals surface area contributed by atoms with Crippen molar-refractivity contribution in [2.45, 2.75) is 82.6 Å². The molecule has 0 radical (unpaired) electrons. The molecule has 1 aliphatic carbocycles. The Morgan fingerprint density at radius 1 is 0.860 bits per heavy atom. The van der Waals surface area contributed by atoms with Crippen LogP contribution in [0.1, 0.15) is 79.3 Å². The molecule has 0 bridgehead atoms.